The van der Waals surface area contributed by atoms with Gasteiger partial charge in [0, 0.05) is 15.6 Å². The summed E-state index contributed by atoms with van der Waals surface area (Å²) >= 11 is 3.33. The van der Waals surface area contributed by atoms with Gasteiger partial charge in [0.25, 0.3) is 0 Å². The van der Waals surface area contributed by atoms with Gasteiger partial charge in [-0.25, -0.2) is 9.50 Å². The molecular formula is C21H15BrF3N3O2. The molecule has 4 rings (SSSR count). The molecule has 5 nitrogen and oxygen atoms in total. The number of benzene rings is 2. The highest BCUT2D eigenvalue weighted by Gasteiger charge is 2.35. The molecule has 2 aromatic heterocycles. The van der Waals surface area contributed by atoms with E-state index < -0.39 is 11.9 Å². The Morgan fingerprint density at radius 2 is 1.57 bits per heavy atom. The number of rotatable bonds is 4. The van der Waals surface area contributed by atoms with Gasteiger partial charge in [0.15, 0.2) is 22.8 Å². The first-order valence-electron chi connectivity index (χ1n) is 8.76. The Bertz CT molecular complexity index is 1220. The summed E-state index contributed by atoms with van der Waals surface area (Å²) in [6.45, 7) is 0. The van der Waals surface area contributed by atoms with Gasteiger partial charge in [0.2, 0.25) is 0 Å². The number of ether oxygens (including phenoxy) is 2. The number of hydrogen-bond acceptors (Lipinski definition) is 4. The summed E-state index contributed by atoms with van der Waals surface area (Å²) in [6.07, 6.45) is -3.24. The Labute approximate surface area is 178 Å². The smallest absolute Gasteiger partial charge is 0.433 e. The number of aromatic nitrogens is 3. The van der Waals surface area contributed by atoms with Crippen LogP contribution in [-0.2, 0) is 6.18 Å². The second kappa shape index (κ2) is 7.64. The average Bonchev–Trinajstić information content (AvgIpc) is 3.16. The van der Waals surface area contributed by atoms with Gasteiger partial charge in [-0.2, -0.15) is 18.3 Å². The third-order valence-corrected chi connectivity index (χ3v) is 5.13. The number of methoxy groups -OCH3 is 2. The summed E-state index contributed by atoms with van der Waals surface area (Å²) in [5.41, 5.74) is 0.999. The fourth-order valence-corrected chi connectivity index (χ4v) is 3.41. The van der Waals surface area contributed by atoms with Crippen LogP contribution in [0, 0.1) is 0 Å². The topological polar surface area (TPSA) is 48.7 Å². The fourth-order valence-electron chi connectivity index (χ4n) is 3.14. The van der Waals surface area contributed by atoms with Crippen molar-refractivity contribution in [1.29, 1.82) is 0 Å². The van der Waals surface area contributed by atoms with Crippen molar-refractivity contribution < 1.29 is 22.6 Å². The molecule has 0 aliphatic carbocycles. The minimum absolute atomic E-state index is 0.0926. The molecule has 0 saturated heterocycles. The lowest BCUT2D eigenvalue weighted by Gasteiger charge is -2.12. The number of fused-ring (bicyclic) bond motifs is 1. The average molecular weight is 478 g/mol. The van der Waals surface area contributed by atoms with E-state index in [9.17, 15) is 13.2 Å². The maximum atomic E-state index is 13.8. The van der Waals surface area contributed by atoms with Crippen molar-refractivity contribution in [3.63, 3.8) is 0 Å². The molecule has 4 aromatic rings. The molecule has 9 heteroatoms. The van der Waals surface area contributed by atoms with Crippen LogP contribution >= 0.6 is 15.9 Å². The number of nitrogens with zero attached hydrogens (tertiary/aromatic N) is 3. The van der Waals surface area contributed by atoms with Crippen LogP contribution in [0.25, 0.3) is 28.0 Å². The highest BCUT2D eigenvalue weighted by Crippen LogP contribution is 2.37. The van der Waals surface area contributed by atoms with Crippen LogP contribution in [0.15, 0.2) is 59.2 Å². The first kappa shape index (κ1) is 20.2. The molecular weight excluding hydrogens is 463 g/mol. The summed E-state index contributed by atoms with van der Waals surface area (Å²) in [4.78, 5) is 4.50. The molecule has 0 N–H and O–H groups in total. The van der Waals surface area contributed by atoms with Crippen LogP contribution in [0.3, 0.4) is 0 Å². The van der Waals surface area contributed by atoms with E-state index in [0.717, 1.165) is 15.1 Å². The highest BCUT2D eigenvalue weighted by molar-refractivity contribution is 9.10. The minimum atomic E-state index is -4.60. The van der Waals surface area contributed by atoms with Crippen molar-refractivity contribution in [3.8, 4) is 33.9 Å². The van der Waals surface area contributed by atoms with E-state index in [0.29, 0.717) is 28.2 Å². The third-order valence-electron chi connectivity index (χ3n) is 4.60. The Hall–Kier alpha value is -3.07. The van der Waals surface area contributed by atoms with Crippen LogP contribution < -0.4 is 9.47 Å². The van der Waals surface area contributed by atoms with Crippen molar-refractivity contribution in [2.75, 3.05) is 14.2 Å². The summed E-state index contributed by atoms with van der Waals surface area (Å²) < 4.78 is 53.5. The minimum Gasteiger partial charge on any atom is -0.493 e. The van der Waals surface area contributed by atoms with Gasteiger partial charge in [-0.05, 0) is 35.9 Å². The number of hydrogen-bond donors (Lipinski definition) is 0. The second-order valence-corrected chi connectivity index (χ2v) is 7.31. The van der Waals surface area contributed by atoms with Crippen LogP contribution in [0.5, 0.6) is 11.5 Å². The molecule has 0 spiro atoms. The quantitative estimate of drug-likeness (QED) is 0.369. The van der Waals surface area contributed by atoms with Crippen molar-refractivity contribution in [1.82, 2.24) is 14.6 Å². The molecule has 0 aliphatic rings. The van der Waals surface area contributed by atoms with Crippen molar-refractivity contribution in [2.24, 2.45) is 0 Å². The first-order chi connectivity index (χ1) is 14.3. The molecule has 154 valence electrons. The summed E-state index contributed by atoms with van der Waals surface area (Å²) in [7, 11) is 3.00. The molecule has 0 aliphatic heterocycles. The SMILES string of the molecule is COc1ccc(-c2cnn3c(C(F)(F)F)cc(-c4ccc(Br)cc4)nc23)cc1OC. The lowest BCUT2D eigenvalue weighted by atomic mass is 10.1. The molecule has 2 aromatic carbocycles. The van der Waals surface area contributed by atoms with E-state index in [1.165, 1.54) is 20.4 Å². The Balaban J connectivity index is 1.97. The van der Waals surface area contributed by atoms with E-state index in [1.54, 1.807) is 42.5 Å². The molecule has 0 unspecified atom stereocenters. The van der Waals surface area contributed by atoms with Gasteiger partial charge in [0.05, 0.1) is 26.1 Å². The van der Waals surface area contributed by atoms with E-state index in [-0.39, 0.29) is 11.3 Å². The molecule has 0 saturated carbocycles. The molecule has 0 fully saturated rings. The van der Waals surface area contributed by atoms with Gasteiger partial charge in [-0.1, -0.05) is 34.1 Å². The van der Waals surface area contributed by atoms with Crippen LogP contribution in [0.1, 0.15) is 5.69 Å². The van der Waals surface area contributed by atoms with Crippen LogP contribution in [0.2, 0.25) is 0 Å². The van der Waals surface area contributed by atoms with Crippen molar-refractivity contribution in [2.45, 2.75) is 6.18 Å². The van der Waals surface area contributed by atoms with E-state index in [1.807, 2.05) is 0 Å². The molecule has 2 heterocycles. The van der Waals surface area contributed by atoms with E-state index in [4.69, 9.17) is 9.47 Å². The van der Waals surface area contributed by atoms with Gasteiger partial charge in [-0.3, -0.25) is 0 Å². The van der Waals surface area contributed by atoms with Crippen LogP contribution in [0.4, 0.5) is 13.2 Å². The normalized spacial score (nSPS) is 11.7. The largest absolute Gasteiger partial charge is 0.493 e. The van der Waals surface area contributed by atoms with E-state index >= 15 is 0 Å². The number of halogens is 4. The zero-order valence-corrected chi connectivity index (χ0v) is 17.5. The van der Waals surface area contributed by atoms with Crippen LogP contribution in [-0.4, -0.2) is 28.8 Å². The van der Waals surface area contributed by atoms with Gasteiger partial charge < -0.3 is 9.47 Å². The summed E-state index contributed by atoms with van der Waals surface area (Å²) in [5, 5.41) is 3.96. The fraction of sp³-hybridized carbons (Fsp3) is 0.143. The monoisotopic (exact) mass is 477 g/mol. The van der Waals surface area contributed by atoms with Gasteiger partial charge >= 0.3 is 6.18 Å². The summed E-state index contributed by atoms with van der Waals surface area (Å²) in [5.74, 6) is 0.965. The lowest BCUT2D eigenvalue weighted by molar-refractivity contribution is -0.142. The molecule has 0 amide bonds. The number of alkyl halides is 3. The molecule has 0 radical (unpaired) electrons. The standard InChI is InChI=1S/C21H15BrF3N3O2/c1-29-17-8-5-13(9-18(17)30-2)15-11-26-28-19(21(23,24)25)10-16(27-20(15)28)12-3-6-14(22)7-4-12/h3-11H,1-2H3. The van der Waals surface area contributed by atoms with Gasteiger partial charge in [0.1, 0.15) is 0 Å². The molecule has 0 atom stereocenters. The predicted octanol–water partition coefficient (Wildman–Crippen LogP) is 5.86. The first-order valence-corrected chi connectivity index (χ1v) is 9.55. The zero-order chi connectivity index (χ0) is 21.5. The van der Waals surface area contributed by atoms with Crippen molar-refractivity contribution in [3.05, 3.63) is 64.9 Å². The maximum Gasteiger partial charge on any atom is 0.433 e. The van der Waals surface area contributed by atoms with Gasteiger partial charge in [-0.15, -0.1) is 0 Å². The zero-order valence-electron chi connectivity index (χ0n) is 15.9. The molecule has 0 bridgehead atoms. The van der Waals surface area contributed by atoms with E-state index in [2.05, 4.69) is 26.0 Å². The lowest BCUT2D eigenvalue weighted by Crippen LogP contribution is -2.13. The Morgan fingerprint density at radius 1 is 0.900 bits per heavy atom. The second-order valence-electron chi connectivity index (χ2n) is 6.39. The third kappa shape index (κ3) is 3.60. The molecule has 30 heavy (non-hydrogen) atoms. The Kier molecular flexibility index (Phi) is 5.15. The summed E-state index contributed by atoms with van der Waals surface area (Å²) in [6, 6.07) is 13.0. The maximum absolute atomic E-state index is 13.8. The van der Waals surface area contributed by atoms with Crippen molar-refractivity contribution >= 4 is 21.6 Å². The Morgan fingerprint density at radius 3 is 2.20 bits per heavy atom. The highest BCUT2D eigenvalue weighted by atomic mass is 79.9. The predicted molar refractivity (Wildman–Crippen MR) is 110 cm³/mol.